The molecule has 1 heterocycles. The van der Waals surface area contributed by atoms with E-state index in [-0.39, 0.29) is 24.4 Å². The Kier molecular flexibility index (Phi) is 6.91. The molecule has 2 aromatic rings. The molecule has 1 aliphatic heterocycles. The molecular weight excluding hydrogens is 422 g/mol. The number of nitrogens with zero attached hydrogens (tertiary/aromatic N) is 1. The summed E-state index contributed by atoms with van der Waals surface area (Å²) in [4.78, 5) is 27.0. The number of nitrogens with one attached hydrogen (secondary N) is 2. The van der Waals surface area contributed by atoms with E-state index in [1.54, 1.807) is 21.3 Å². The summed E-state index contributed by atoms with van der Waals surface area (Å²) >= 11 is 0. The Morgan fingerprint density at radius 3 is 2.33 bits per heavy atom. The van der Waals surface area contributed by atoms with Crippen LogP contribution in [0, 0.1) is 0 Å². The van der Waals surface area contributed by atoms with Crippen molar-refractivity contribution in [1.29, 1.82) is 0 Å². The molecule has 0 spiro atoms. The van der Waals surface area contributed by atoms with Gasteiger partial charge in [0, 0.05) is 25.6 Å². The van der Waals surface area contributed by atoms with Gasteiger partial charge in [0.2, 0.25) is 5.91 Å². The zero-order chi connectivity index (χ0) is 23.4. The van der Waals surface area contributed by atoms with Gasteiger partial charge in [-0.1, -0.05) is 12.1 Å². The Morgan fingerprint density at radius 2 is 1.70 bits per heavy atom. The third kappa shape index (κ3) is 5.16. The number of amides is 3. The highest BCUT2D eigenvalue weighted by molar-refractivity contribution is 5.79. The summed E-state index contributed by atoms with van der Waals surface area (Å²) in [7, 11) is 4.85. The Bertz CT molecular complexity index is 1000. The third-order valence-corrected chi connectivity index (χ3v) is 6.14. The van der Waals surface area contributed by atoms with Crippen molar-refractivity contribution in [1.82, 2.24) is 15.5 Å². The highest BCUT2D eigenvalue weighted by Crippen LogP contribution is 2.41. The monoisotopic (exact) mass is 453 g/mol. The number of benzene rings is 2. The van der Waals surface area contributed by atoms with E-state index in [0.29, 0.717) is 37.1 Å². The summed E-state index contributed by atoms with van der Waals surface area (Å²) in [6.45, 7) is 0.835. The number of fused-ring (bicyclic) bond motifs is 1. The first-order valence-corrected chi connectivity index (χ1v) is 11.3. The van der Waals surface area contributed by atoms with Crippen LogP contribution in [-0.4, -0.2) is 57.3 Å². The first-order chi connectivity index (χ1) is 16.0. The molecule has 2 aliphatic rings. The van der Waals surface area contributed by atoms with Crippen LogP contribution in [0.5, 0.6) is 17.2 Å². The van der Waals surface area contributed by atoms with E-state index in [1.165, 1.54) is 0 Å². The first-order valence-electron chi connectivity index (χ1n) is 11.3. The van der Waals surface area contributed by atoms with Crippen LogP contribution in [0.1, 0.15) is 42.0 Å². The molecule has 1 atom stereocenters. The van der Waals surface area contributed by atoms with Gasteiger partial charge in [-0.3, -0.25) is 4.79 Å². The van der Waals surface area contributed by atoms with E-state index in [2.05, 4.69) is 10.6 Å². The molecule has 2 aromatic carbocycles. The van der Waals surface area contributed by atoms with Gasteiger partial charge in [0.15, 0.2) is 11.5 Å². The number of ether oxygens (including phenoxy) is 3. The van der Waals surface area contributed by atoms with Crippen molar-refractivity contribution in [3.05, 3.63) is 53.1 Å². The number of rotatable bonds is 8. The normalized spacial score (nSPS) is 17.1. The smallest absolute Gasteiger partial charge is 0.318 e. The zero-order valence-electron chi connectivity index (χ0n) is 19.3. The second kappa shape index (κ2) is 10.0. The molecule has 1 fully saturated rings. The Hall–Kier alpha value is -3.42. The van der Waals surface area contributed by atoms with E-state index in [1.807, 2.05) is 41.3 Å². The van der Waals surface area contributed by atoms with Crippen LogP contribution in [0.3, 0.4) is 0 Å². The van der Waals surface area contributed by atoms with Crippen molar-refractivity contribution >= 4 is 11.9 Å². The molecule has 4 rings (SSSR count). The Labute approximate surface area is 194 Å². The molecule has 1 unspecified atom stereocenters. The minimum atomic E-state index is -0.306. The molecule has 8 nitrogen and oxygen atoms in total. The van der Waals surface area contributed by atoms with Crippen LogP contribution in [0.2, 0.25) is 0 Å². The van der Waals surface area contributed by atoms with Gasteiger partial charge < -0.3 is 29.7 Å². The summed E-state index contributed by atoms with van der Waals surface area (Å²) in [6.07, 6.45) is 3.05. The second-order valence-corrected chi connectivity index (χ2v) is 8.35. The van der Waals surface area contributed by atoms with Crippen LogP contribution in [0.15, 0.2) is 36.4 Å². The molecule has 1 saturated carbocycles. The summed E-state index contributed by atoms with van der Waals surface area (Å²) in [6, 6.07) is 11.5. The summed E-state index contributed by atoms with van der Waals surface area (Å²) in [5.74, 6) is 2.02. The largest absolute Gasteiger partial charge is 0.497 e. The van der Waals surface area contributed by atoms with Crippen molar-refractivity contribution in [2.75, 3.05) is 34.4 Å². The van der Waals surface area contributed by atoms with E-state index in [4.69, 9.17) is 14.2 Å². The van der Waals surface area contributed by atoms with Gasteiger partial charge >= 0.3 is 6.03 Å². The maximum Gasteiger partial charge on any atom is 0.318 e. The maximum absolute atomic E-state index is 13.2. The Balaban J connectivity index is 1.58. The predicted octanol–water partition coefficient (Wildman–Crippen LogP) is 3.04. The average molecular weight is 454 g/mol. The van der Waals surface area contributed by atoms with Gasteiger partial charge in [-0.15, -0.1) is 0 Å². The van der Waals surface area contributed by atoms with Gasteiger partial charge in [0.25, 0.3) is 0 Å². The van der Waals surface area contributed by atoms with Crippen molar-refractivity contribution in [2.45, 2.75) is 37.8 Å². The molecule has 176 valence electrons. The molecule has 1 aliphatic carbocycles. The minimum absolute atomic E-state index is 0.0228. The first kappa shape index (κ1) is 22.8. The molecule has 2 N–H and O–H groups in total. The number of carbonyl (C=O) groups is 2. The summed E-state index contributed by atoms with van der Waals surface area (Å²) in [5, 5.41) is 5.87. The van der Waals surface area contributed by atoms with Crippen LogP contribution in [0.25, 0.3) is 0 Å². The fourth-order valence-corrected chi connectivity index (χ4v) is 4.22. The second-order valence-electron chi connectivity index (χ2n) is 8.35. The third-order valence-electron chi connectivity index (χ3n) is 6.14. The van der Waals surface area contributed by atoms with E-state index < -0.39 is 0 Å². The Morgan fingerprint density at radius 1 is 1.00 bits per heavy atom. The van der Waals surface area contributed by atoms with E-state index in [9.17, 15) is 9.59 Å². The number of hydrogen-bond acceptors (Lipinski definition) is 5. The van der Waals surface area contributed by atoms with Crippen molar-refractivity contribution < 1.29 is 23.8 Å². The predicted molar refractivity (Wildman–Crippen MR) is 124 cm³/mol. The number of urea groups is 1. The number of carbonyl (C=O) groups excluding carboxylic acids is 2. The highest BCUT2D eigenvalue weighted by atomic mass is 16.5. The van der Waals surface area contributed by atoms with E-state index in [0.717, 1.165) is 35.3 Å². The lowest BCUT2D eigenvalue weighted by molar-refractivity contribution is -0.121. The maximum atomic E-state index is 13.2. The average Bonchev–Trinajstić information content (AvgIpc) is 3.66. The van der Waals surface area contributed by atoms with Gasteiger partial charge in [-0.25, -0.2) is 4.79 Å². The molecule has 0 saturated heterocycles. The molecule has 0 bridgehead atoms. The van der Waals surface area contributed by atoms with Gasteiger partial charge in [0.05, 0.1) is 27.4 Å². The lowest BCUT2D eigenvalue weighted by Crippen LogP contribution is -2.46. The quantitative estimate of drug-likeness (QED) is 0.641. The molecule has 33 heavy (non-hydrogen) atoms. The van der Waals surface area contributed by atoms with E-state index >= 15 is 0 Å². The van der Waals surface area contributed by atoms with Crippen LogP contribution >= 0.6 is 0 Å². The van der Waals surface area contributed by atoms with Gasteiger partial charge in [-0.2, -0.15) is 0 Å². The molecule has 3 amide bonds. The van der Waals surface area contributed by atoms with Crippen LogP contribution in [-0.2, 0) is 11.2 Å². The van der Waals surface area contributed by atoms with Crippen LogP contribution in [0.4, 0.5) is 4.79 Å². The number of methoxy groups -OCH3 is 3. The van der Waals surface area contributed by atoms with Crippen LogP contribution < -0.4 is 24.8 Å². The SMILES string of the molecule is COc1ccc(C2c3cc(OC)c(OC)cc3CCN2C(=O)NCCC(=O)NC2CC2)cc1. The highest BCUT2D eigenvalue weighted by Gasteiger charge is 2.33. The van der Waals surface area contributed by atoms with Gasteiger partial charge in [-0.05, 0) is 60.2 Å². The topological polar surface area (TPSA) is 89.1 Å². The number of hydrogen-bond donors (Lipinski definition) is 2. The molecular formula is C25H31N3O5. The standard InChI is InChI=1S/C25H31N3O5/c1-31-19-8-4-16(5-9-19)24-20-15-22(33-3)21(32-2)14-17(20)11-13-28(24)25(30)26-12-10-23(29)27-18-6-7-18/h4-5,8-9,14-15,18,24H,6-7,10-13H2,1-3H3,(H,26,30)(H,27,29). The van der Waals surface area contributed by atoms with Crippen molar-refractivity contribution in [3.8, 4) is 17.2 Å². The van der Waals surface area contributed by atoms with Gasteiger partial charge in [0.1, 0.15) is 5.75 Å². The summed E-state index contributed by atoms with van der Waals surface area (Å²) in [5.41, 5.74) is 3.07. The minimum Gasteiger partial charge on any atom is -0.497 e. The van der Waals surface area contributed by atoms with Crippen molar-refractivity contribution in [2.24, 2.45) is 0 Å². The zero-order valence-corrected chi connectivity index (χ0v) is 19.3. The molecule has 8 heteroatoms. The summed E-state index contributed by atoms with van der Waals surface area (Å²) < 4.78 is 16.3. The lowest BCUT2D eigenvalue weighted by atomic mass is 9.87. The molecule has 0 radical (unpaired) electrons. The molecule has 0 aromatic heterocycles. The fourth-order valence-electron chi connectivity index (χ4n) is 4.22. The lowest BCUT2D eigenvalue weighted by Gasteiger charge is -2.38. The fraction of sp³-hybridized carbons (Fsp3) is 0.440. The van der Waals surface area contributed by atoms with Crippen molar-refractivity contribution in [3.63, 3.8) is 0 Å².